The second-order valence-corrected chi connectivity index (χ2v) is 7.22. The number of aliphatic hydroxyl groups is 1. The molecule has 1 aromatic carbocycles. The molecule has 1 saturated heterocycles. The lowest BCUT2D eigenvalue weighted by Crippen LogP contribution is -2.43. The summed E-state index contributed by atoms with van der Waals surface area (Å²) in [5.74, 6) is 0.00769. The van der Waals surface area contributed by atoms with E-state index in [4.69, 9.17) is 11.6 Å². The molecule has 0 radical (unpaired) electrons. The molecule has 20 heavy (non-hydrogen) atoms. The van der Waals surface area contributed by atoms with Gasteiger partial charge in [-0.15, -0.1) is 0 Å². The number of hydrogen-bond acceptors (Lipinski definition) is 3. The largest absolute Gasteiger partial charge is 0.396 e. The fraction of sp³-hybridized carbons (Fsp3) is 0.538. The molecule has 1 aliphatic rings. The Morgan fingerprint density at radius 1 is 1.50 bits per heavy atom. The highest BCUT2D eigenvalue weighted by Gasteiger charge is 2.28. The maximum Gasteiger partial charge on any atom is 0.301 e. The van der Waals surface area contributed by atoms with Gasteiger partial charge in [-0.05, 0) is 43.4 Å². The zero-order valence-electron chi connectivity index (χ0n) is 11.3. The first-order chi connectivity index (χ1) is 9.42. The summed E-state index contributed by atoms with van der Waals surface area (Å²) < 4.78 is 28.6. The van der Waals surface area contributed by atoms with Crippen LogP contribution in [0.15, 0.2) is 18.2 Å². The van der Waals surface area contributed by atoms with Crippen LogP contribution in [0.25, 0.3) is 0 Å². The van der Waals surface area contributed by atoms with E-state index < -0.39 is 10.2 Å². The summed E-state index contributed by atoms with van der Waals surface area (Å²) in [6.07, 6.45) is 1.61. The van der Waals surface area contributed by atoms with Crippen molar-refractivity contribution in [3.8, 4) is 0 Å². The van der Waals surface area contributed by atoms with Crippen molar-refractivity contribution in [2.75, 3.05) is 24.4 Å². The van der Waals surface area contributed by atoms with Crippen molar-refractivity contribution in [1.29, 1.82) is 0 Å². The van der Waals surface area contributed by atoms with Crippen molar-refractivity contribution in [2.45, 2.75) is 19.8 Å². The molecule has 1 heterocycles. The van der Waals surface area contributed by atoms with Crippen LogP contribution < -0.4 is 4.72 Å². The van der Waals surface area contributed by atoms with Gasteiger partial charge in [-0.1, -0.05) is 17.7 Å². The van der Waals surface area contributed by atoms with Crippen LogP contribution in [0.3, 0.4) is 0 Å². The Labute approximate surface area is 124 Å². The van der Waals surface area contributed by atoms with Crippen LogP contribution in [0.1, 0.15) is 18.4 Å². The van der Waals surface area contributed by atoms with Crippen molar-refractivity contribution >= 4 is 27.5 Å². The molecule has 0 aromatic heterocycles. The monoisotopic (exact) mass is 318 g/mol. The molecule has 2 N–H and O–H groups in total. The lowest BCUT2D eigenvalue weighted by molar-refractivity contribution is 0.166. The Morgan fingerprint density at radius 2 is 2.25 bits per heavy atom. The van der Waals surface area contributed by atoms with E-state index in [1.54, 1.807) is 12.1 Å². The van der Waals surface area contributed by atoms with Crippen molar-refractivity contribution < 1.29 is 13.5 Å². The first-order valence-corrected chi connectivity index (χ1v) is 8.39. The van der Waals surface area contributed by atoms with Gasteiger partial charge in [0.25, 0.3) is 0 Å². The molecule has 7 heteroatoms. The van der Waals surface area contributed by atoms with Gasteiger partial charge >= 0.3 is 10.2 Å². The molecule has 1 aromatic rings. The Hall–Kier alpha value is -0.820. The van der Waals surface area contributed by atoms with Gasteiger partial charge in [0.15, 0.2) is 0 Å². The minimum absolute atomic E-state index is 0.00769. The molecule has 1 fully saturated rings. The van der Waals surface area contributed by atoms with Gasteiger partial charge in [-0.2, -0.15) is 12.7 Å². The topological polar surface area (TPSA) is 69.6 Å². The lowest BCUT2D eigenvalue weighted by atomic mass is 10.0. The maximum atomic E-state index is 12.4. The normalized spacial score (nSPS) is 20.9. The summed E-state index contributed by atoms with van der Waals surface area (Å²) >= 11 is 6.01. The predicted molar refractivity (Wildman–Crippen MR) is 80.1 cm³/mol. The highest BCUT2D eigenvalue weighted by atomic mass is 35.5. The van der Waals surface area contributed by atoms with Gasteiger partial charge in [0.2, 0.25) is 0 Å². The van der Waals surface area contributed by atoms with Crippen LogP contribution in [0.5, 0.6) is 0 Å². The van der Waals surface area contributed by atoms with E-state index in [1.807, 2.05) is 13.0 Å². The third-order valence-electron chi connectivity index (χ3n) is 3.44. The Kier molecular flexibility index (Phi) is 4.90. The van der Waals surface area contributed by atoms with Crippen molar-refractivity contribution in [3.05, 3.63) is 28.8 Å². The van der Waals surface area contributed by atoms with Crippen LogP contribution in [-0.2, 0) is 10.2 Å². The average molecular weight is 319 g/mol. The first-order valence-electron chi connectivity index (χ1n) is 6.57. The zero-order chi connectivity index (χ0) is 14.8. The highest BCUT2D eigenvalue weighted by molar-refractivity contribution is 7.90. The quantitative estimate of drug-likeness (QED) is 0.892. The third kappa shape index (κ3) is 3.63. The summed E-state index contributed by atoms with van der Waals surface area (Å²) in [6, 6.07) is 5.19. The SMILES string of the molecule is Cc1ccc(Cl)c(NS(=O)(=O)N2CCCC(CO)C2)c1. The van der Waals surface area contributed by atoms with Gasteiger partial charge in [0.05, 0.1) is 10.7 Å². The molecular formula is C13H19ClN2O3S. The van der Waals surface area contributed by atoms with E-state index in [9.17, 15) is 13.5 Å². The number of benzene rings is 1. The fourth-order valence-corrected chi connectivity index (χ4v) is 3.89. The average Bonchev–Trinajstić information content (AvgIpc) is 2.43. The molecule has 0 spiro atoms. The summed E-state index contributed by atoms with van der Waals surface area (Å²) in [7, 11) is -3.63. The number of aryl methyl sites for hydroxylation is 1. The van der Waals surface area contributed by atoms with Crippen molar-refractivity contribution in [3.63, 3.8) is 0 Å². The predicted octanol–water partition coefficient (Wildman–Crippen LogP) is 2.01. The third-order valence-corrected chi connectivity index (χ3v) is 5.26. The zero-order valence-corrected chi connectivity index (χ0v) is 12.9. The standard InChI is InChI=1S/C13H19ClN2O3S/c1-10-4-5-12(14)13(7-10)15-20(18,19)16-6-2-3-11(8-16)9-17/h4-5,7,11,15,17H,2-3,6,8-9H2,1H3. The van der Waals surface area contributed by atoms with Gasteiger partial charge in [-0.3, -0.25) is 4.72 Å². The van der Waals surface area contributed by atoms with E-state index in [0.29, 0.717) is 23.8 Å². The second-order valence-electron chi connectivity index (χ2n) is 5.14. The number of rotatable bonds is 4. The molecule has 5 nitrogen and oxygen atoms in total. The smallest absolute Gasteiger partial charge is 0.301 e. The number of hydrogen-bond donors (Lipinski definition) is 2. The summed E-state index contributed by atoms with van der Waals surface area (Å²) in [6.45, 7) is 2.69. The van der Waals surface area contributed by atoms with E-state index in [2.05, 4.69) is 4.72 Å². The number of nitrogens with zero attached hydrogens (tertiary/aromatic N) is 1. The molecule has 1 unspecified atom stereocenters. The second kappa shape index (κ2) is 6.30. The van der Waals surface area contributed by atoms with Gasteiger partial charge in [0, 0.05) is 19.7 Å². The molecular weight excluding hydrogens is 300 g/mol. The Balaban J connectivity index is 2.16. The summed E-state index contributed by atoms with van der Waals surface area (Å²) in [5.41, 5.74) is 1.32. The molecule has 0 amide bonds. The van der Waals surface area contributed by atoms with E-state index in [-0.39, 0.29) is 12.5 Å². The summed E-state index contributed by atoms with van der Waals surface area (Å²) in [5, 5.41) is 9.55. The fourth-order valence-electron chi connectivity index (χ4n) is 2.32. The molecule has 112 valence electrons. The molecule has 0 saturated carbocycles. The molecule has 1 atom stereocenters. The Morgan fingerprint density at radius 3 is 2.95 bits per heavy atom. The number of halogens is 1. The number of piperidine rings is 1. The van der Waals surface area contributed by atoms with Gasteiger partial charge in [0.1, 0.15) is 0 Å². The van der Waals surface area contributed by atoms with Crippen LogP contribution in [0.4, 0.5) is 5.69 Å². The van der Waals surface area contributed by atoms with Crippen molar-refractivity contribution in [2.24, 2.45) is 5.92 Å². The summed E-state index contributed by atoms with van der Waals surface area (Å²) in [4.78, 5) is 0. The van der Waals surface area contributed by atoms with Crippen molar-refractivity contribution in [1.82, 2.24) is 4.31 Å². The molecule has 1 aliphatic heterocycles. The van der Waals surface area contributed by atoms with Crippen LogP contribution in [0, 0.1) is 12.8 Å². The Bertz CT molecular complexity index is 577. The molecule has 2 rings (SSSR count). The number of aliphatic hydroxyl groups excluding tert-OH is 1. The van der Waals surface area contributed by atoms with Crippen LogP contribution in [-0.4, -0.2) is 37.5 Å². The van der Waals surface area contributed by atoms with E-state index in [0.717, 1.165) is 18.4 Å². The minimum atomic E-state index is -3.63. The minimum Gasteiger partial charge on any atom is -0.396 e. The van der Waals surface area contributed by atoms with E-state index >= 15 is 0 Å². The number of nitrogens with one attached hydrogen (secondary N) is 1. The number of anilines is 1. The molecule has 0 aliphatic carbocycles. The van der Waals surface area contributed by atoms with E-state index in [1.165, 1.54) is 4.31 Å². The van der Waals surface area contributed by atoms with Gasteiger partial charge in [-0.25, -0.2) is 0 Å². The highest BCUT2D eigenvalue weighted by Crippen LogP contribution is 2.26. The maximum absolute atomic E-state index is 12.4. The van der Waals surface area contributed by atoms with Crippen LogP contribution in [0.2, 0.25) is 5.02 Å². The van der Waals surface area contributed by atoms with Gasteiger partial charge < -0.3 is 5.11 Å². The lowest BCUT2D eigenvalue weighted by Gasteiger charge is -2.31. The molecule has 0 bridgehead atoms. The van der Waals surface area contributed by atoms with Crippen LogP contribution >= 0.6 is 11.6 Å². The first kappa shape index (κ1) is 15.6.